The van der Waals surface area contributed by atoms with Crippen LogP contribution in [-0.4, -0.2) is 19.7 Å². The molecule has 1 aromatic carbocycles. The number of hydrogen-bond donors (Lipinski definition) is 0. The van der Waals surface area contributed by atoms with Gasteiger partial charge in [0.05, 0.1) is 17.0 Å². The molecule has 0 saturated carbocycles. The number of benzene rings is 1. The number of allylic oxidation sites excluding steroid dienone is 1. The van der Waals surface area contributed by atoms with Crippen molar-refractivity contribution in [3.63, 3.8) is 0 Å². The summed E-state index contributed by atoms with van der Waals surface area (Å²) in [6, 6.07) is 21.4. The van der Waals surface area contributed by atoms with Crippen LogP contribution in [0.1, 0.15) is 11.3 Å². The van der Waals surface area contributed by atoms with Crippen LogP contribution in [0.3, 0.4) is 0 Å². The normalized spacial score (nSPS) is 11.1. The van der Waals surface area contributed by atoms with Gasteiger partial charge in [-0.3, -0.25) is 9.97 Å². The number of rotatable bonds is 4. The first kappa shape index (κ1) is 16.4. The van der Waals surface area contributed by atoms with Crippen molar-refractivity contribution < 1.29 is 0 Å². The molecule has 3 heterocycles. The molecule has 0 aliphatic heterocycles. The second kappa shape index (κ2) is 7.46. The third-order valence-corrected chi connectivity index (χ3v) is 4.08. The highest BCUT2D eigenvalue weighted by Crippen LogP contribution is 2.27. The van der Waals surface area contributed by atoms with Crippen LogP contribution in [0.2, 0.25) is 0 Å². The molecular weight excluding hydrogens is 334 g/mol. The van der Waals surface area contributed by atoms with Crippen molar-refractivity contribution in [2.24, 2.45) is 0 Å². The molecule has 4 rings (SSSR count). The summed E-state index contributed by atoms with van der Waals surface area (Å²) >= 11 is 0. The second-order valence-corrected chi connectivity index (χ2v) is 5.83. The highest BCUT2D eigenvalue weighted by Gasteiger charge is 2.12. The number of nitriles is 1. The van der Waals surface area contributed by atoms with E-state index in [-0.39, 0.29) is 0 Å². The highest BCUT2D eigenvalue weighted by atomic mass is 15.3. The molecule has 27 heavy (non-hydrogen) atoms. The van der Waals surface area contributed by atoms with E-state index in [9.17, 15) is 5.26 Å². The first-order chi connectivity index (χ1) is 13.3. The largest absolute Gasteiger partial charge is 0.265 e. The molecule has 3 aromatic heterocycles. The molecule has 0 fully saturated rings. The molecule has 0 bridgehead atoms. The summed E-state index contributed by atoms with van der Waals surface area (Å²) in [5, 5.41) is 14.4. The van der Waals surface area contributed by atoms with E-state index >= 15 is 0 Å². The van der Waals surface area contributed by atoms with Gasteiger partial charge in [-0.25, -0.2) is 4.68 Å². The summed E-state index contributed by atoms with van der Waals surface area (Å²) in [5.41, 5.74) is 4.62. The predicted molar refractivity (Wildman–Crippen MR) is 105 cm³/mol. The Morgan fingerprint density at radius 3 is 2.41 bits per heavy atom. The Labute approximate surface area is 156 Å². The van der Waals surface area contributed by atoms with Crippen molar-refractivity contribution >= 4 is 11.6 Å². The fraction of sp³-hybridized carbons (Fsp3) is 0. The van der Waals surface area contributed by atoms with Crippen molar-refractivity contribution in [1.29, 1.82) is 5.26 Å². The number of aromatic nitrogens is 4. The van der Waals surface area contributed by atoms with E-state index < -0.39 is 0 Å². The lowest BCUT2D eigenvalue weighted by molar-refractivity contribution is 0.884. The standard InChI is InChI=1S/C22H15N5/c23-15-18(21-8-4-5-11-25-21)14-19-16-27(20-6-2-1-3-7-20)26-22(19)17-9-12-24-13-10-17/h1-14,16H/b18-14-. The van der Waals surface area contributed by atoms with Crippen LogP contribution < -0.4 is 0 Å². The van der Waals surface area contributed by atoms with Gasteiger partial charge in [0.1, 0.15) is 11.8 Å². The average Bonchev–Trinajstić information content (AvgIpc) is 3.18. The molecule has 0 unspecified atom stereocenters. The van der Waals surface area contributed by atoms with Gasteiger partial charge in [-0.1, -0.05) is 24.3 Å². The summed E-state index contributed by atoms with van der Waals surface area (Å²) in [4.78, 5) is 8.36. The first-order valence-electron chi connectivity index (χ1n) is 8.44. The lowest BCUT2D eigenvalue weighted by Crippen LogP contribution is -1.93. The van der Waals surface area contributed by atoms with Gasteiger partial charge in [-0.2, -0.15) is 10.4 Å². The van der Waals surface area contributed by atoms with Crippen molar-refractivity contribution in [3.8, 4) is 23.0 Å². The van der Waals surface area contributed by atoms with E-state index in [2.05, 4.69) is 16.0 Å². The number of nitrogens with zero attached hydrogens (tertiary/aromatic N) is 5. The summed E-state index contributed by atoms with van der Waals surface area (Å²) < 4.78 is 1.81. The molecule has 5 nitrogen and oxygen atoms in total. The predicted octanol–water partition coefficient (Wildman–Crippen LogP) is 4.39. The molecule has 0 atom stereocenters. The van der Waals surface area contributed by atoms with E-state index in [1.54, 1.807) is 18.6 Å². The van der Waals surface area contributed by atoms with E-state index in [1.165, 1.54) is 0 Å². The van der Waals surface area contributed by atoms with E-state index in [0.717, 1.165) is 22.5 Å². The molecule has 0 N–H and O–H groups in total. The van der Waals surface area contributed by atoms with E-state index in [4.69, 9.17) is 5.10 Å². The number of para-hydroxylation sites is 1. The average molecular weight is 349 g/mol. The Hall–Kier alpha value is -4.04. The van der Waals surface area contributed by atoms with Crippen molar-refractivity contribution in [1.82, 2.24) is 19.7 Å². The number of pyridine rings is 2. The van der Waals surface area contributed by atoms with Gasteiger partial charge >= 0.3 is 0 Å². The van der Waals surface area contributed by atoms with Crippen molar-refractivity contribution in [2.75, 3.05) is 0 Å². The molecular formula is C22H15N5. The van der Waals surface area contributed by atoms with Crippen LogP contribution in [0.15, 0.2) is 85.5 Å². The lowest BCUT2D eigenvalue weighted by atomic mass is 10.1. The van der Waals surface area contributed by atoms with Gasteiger partial charge in [-0.15, -0.1) is 0 Å². The maximum Gasteiger partial charge on any atom is 0.101 e. The fourth-order valence-electron chi connectivity index (χ4n) is 2.78. The Balaban J connectivity index is 1.87. The maximum absolute atomic E-state index is 9.63. The van der Waals surface area contributed by atoms with Crippen LogP contribution in [-0.2, 0) is 0 Å². The van der Waals surface area contributed by atoms with Gasteiger partial charge in [-0.05, 0) is 42.5 Å². The maximum atomic E-state index is 9.63. The van der Waals surface area contributed by atoms with Crippen LogP contribution in [0.25, 0.3) is 28.6 Å². The minimum absolute atomic E-state index is 0.485. The molecule has 0 radical (unpaired) electrons. The fourth-order valence-corrected chi connectivity index (χ4v) is 2.78. The van der Waals surface area contributed by atoms with E-state index in [0.29, 0.717) is 11.3 Å². The zero-order chi connectivity index (χ0) is 18.5. The van der Waals surface area contributed by atoms with Gasteiger partial charge in [0, 0.05) is 35.9 Å². The Kier molecular flexibility index (Phi) is 4.54. The van der Waals surface area contributed by atoms with Crippen molar-refractivity contribution in [2.45, 2.75) is 0 Å². The zero-order valence-electron chi connectivity index (χ0n) is 14.4. The third kappa shape index (κ3) is 3.51. The van der Waals surface area contributed by atoms with Gasteiger partial charge in [0.2, 0.25) is 0 Å². The topological polar surface area (TPSA) is 67.4 Å². The summed E-state index contributed by atoms with van der Waals surface area (Å²) in [6.07, 6.45) is 8.89. The summed E-state index contributed by atoms with van der Waals surface area (Å²) in [5.74, 6) is 0. The Morgan fingerprint density at radius 1 is 0.926 bits per heavy atom. The Bertz CT molecular complexity index is 1110. The van der Waals surface area contributed by atoms with Gasteiger partial charge in [0.15, 0.2) is 0 Å². The molecule has 5 heteroatoms. The molecule has 4 aromatic rings. The van der Waals surface area contributed by atoms with Crippen molar-refractivity contribution in [3.05, 3.63) is 96.7 Å². The van der Waals surface area contributed by atoms with Gasteiger partial charge in [0.25, 0.3) is 0 Å². The minimum Gasteiger partial charge on any atom is -0.265 e. The molecule has 128 valence electrons. The summed E-state index contributed by atoms with van der Waals surface area (Å²) in [7, 11) is 0. The monoisotopic (exact) mass is 349 g/mol. The molecule has 0 spiro atoms. The SMILES string of the molecule is N#C/C(=C/c1cn(-c2ccccc2)nc1-c1ccncc1)c1ccccn1. The smallest absolute Gasteiger partial charge is 0.101 e. The minimum atomic E-state index is 0.485. The van der Waals surface area contributed by atoms with Crippen LogP contribution in [0.4, 0.5) is 0 Å². The molecule has 0 amide bonds. The quantitative estimate of drug-likeness (QED) is 0.512. The van der Waals surface area contributed by atoms with E-state index in [1.807, 2.05) is 77.6 Å². The second-order valence-electron chi connectivity index (χ2n) is 5.83. The molecule has 0 aliphatic rings. The zero-order valence-corrected chi connectivity index (χ0v) is 14.4. The molecule has 0 saturated heterocycles. The van der Waals surface area contributed by atoms with Crippen LogP contribution >= 0.6 is 0 Å². The molecule has 0 aliphatic carbocycles. The van der Waals surface area contributed by atoms with Crippen LogP contribution in [0, 0.1) is 11.3 Å². The van der Waals surface area contributed by atoms with Gasteiger partial charge < -0.3 is 0 Å². The number of hydrogen-bond acceptors (Lipinski definition) is 4. The first-order valence-corrected chi connectivity index (χ1v) is 8.44. The lowest BCUT2D eigenvalue weighted by Gasteiger charge is -2.00. The highest BCUT2D eigenvalue weighted by molar-refractivity contribution is 5.91. The Morgan fingerprint density at radius 2 is 1.70 bits per heavy atom. The summed E-state index contributed by atoms with van der Waals surface area (Å²) in [6.45, 7) is 0. The van der Waals surface area contributed by atoms with Crippen LogP contribution in [0.5, 0.6) is 0 Å². The third-order valence-electron chi connectivity index (χ3n) is 4.08.